The Bertz CT molecular complexity index is 1590. The van der Waals surface area contributed by atoms with Crippen LogP contribution in [0.5, 0.6) is 0 Å². The fourth-order valence-corrected chi connectivity index (χ4v) is 6.05. The molecule has 0 saturated heterocycles. The largest absolute Gasteiger partial charge is 0.463 e. The zero-order valence-corrected chi connectivity index (χ0v) is 21.9. The van der Waals surface area contributed by atoms with Crippen molar-refractivity contribution in [2.75, 3.05) is 6.61 Å². The van der Waals surface area contributed by atoms with E-state index in [1.165, 1.54) is 16.9 Å². The Morgan fingerprint density at radius 3 is 2.47 bits per heavy atom. The zero-order valence-electron chi connectivity index (χ0n) is 20.3. The Morgan fingerprint density at radius 1 is 1.08 bits per heavy atom. The van der Waals surface area contributed by atoms with E-state index >= 15 is 0 Å². The number of rotatable bonds is 6. The van der Waals surface area contributed by atoms with Crippen molar-refractivity contribution in [1.29, 1.82) is 0 Å². The minimum Gasteiger partial charge on any atom is -0.463 e. The van der Waals surface area contributed by atoms with E-state index in [0.29, 0.717) is 26.5 Å². The summed E-state index contributed by atoms with van der Waals surface area (Å²) in [4.78, 5) is 33.7. The molecule has 36 heavy (non-hydrogen) atoms. The zero-order chi connectivity index (χ0) is 25.2. The molecule has 0 amide bonds. The molecule has 0 bridgehead atoms. The van der Waals surface area contributed by atoms with E-state index in [1.54, 1.807) is 22.8 Å². The number of fused-ring (bicyclic) bond motifs is 1. The number of ether oxygens (including phenoxy) is 1. The monoisotopic (exact) mass is 514 g/mol. The lowest BCUT2D eigenvalue weighted by Gasteiger charge is -2.26. The third kappa shape index (κ3) is 4.52. The van der Waals surface area contributed by atoms with Gasteiger partial charge in [0, 0.05) is 10.4 Å². The van der Waals surface area contributed by atoms with Crippen LogP contribution in [0.15, 0.2) is 87.5 Å². The summed E-state index contributed by atoms with van der Waals surface area (Å²) >= 11 is 2.91. The maximum atomic E-state index is 13.8. The summed E-state index contributed by atoms with van der Waals surface area (Å²) < 4.78 is 7.75. The maximum Gasteiger partial charge on any atom is 0.338 e. The van der Waals surface area contributed by atoms with Crippen molar-refractivity contribution in [3.63, 3.8) is 0 Å². The summed E-state index contributed by atoms with van der Waals surface area (Å²) in [6.45, 7) is 6.29. The number of esters is 1. The van der Waals surface area contributed by atoms with E-state index in [0.717, 1.165) is 16.0 Å². The van der Waals surface area contributed by atoms with E-state index in [9.17, 15) is 9.59 Å². The van der Waals surface area contributed by atoms with Gasteiger partial charge in [-0.3, -0.25) is 9.36 Å². The van der Waals surface area contributed by atoms with Gasteiger partial charge < -0.3 is 4.74 Å². The van der Waals surface area contributed by atoms with Crippen LogP contribution in [0, 0.1) is 0 Å². The highest BCUT2D eigenvalue weighted by molar-refractivity contribution is 7.11. The van der Waals surface area contributed by atoms with Crippen molar-refractivity contribution in [3.05, 3.63) is 119 Å². The smallest absolute Gasteiger partial charge is 0.338 e. The first-order valence-corrected chi connectivity index (χ1v) is 13.6. The first kappa shape index (κ1) is 24.2. The Balaban J connectivity index is 1.82. The number of hydrogen-bond acceptors (Lipinski definition) is 6. The van der Waals surface area contributed by atoms with Crippen LogP contribution in [0.25, 0.3) is 11.8 Å². The number of nitrogens with zero attached hydrogens (tertiary/aromatic N) is 2. The van der Waals surface area contributed by atoms with E-state index < -0.39 is 12.0 Å². The molecule has 5 nitrogen and oxygen atoms in total. The van der Waals surface area contributed by atoms with Gasteiger partial charge in [-0.05, 0) is 41.5 Å². The van der Waals surface area contributed by atoms with Gasteiger partial charge in [-0.2, -0.15) is 0 Å². The van der Waals surface area contributed by atoms with Crippen LogP contribution in [0.3, 0.4) is 0 Å². The normalized spacial score (nSPS) is 15.7. The molecule has 1 atom stereocenters. The highest BCUT2D eigenvalue weighted by Gasteiger charge is 2.35. The topological polar surface area (TPSA) is 60.7 Å². The van der Waals surface area contributed by atoms with E-state index in [4.69, 9.17) is 9.73 Å². The Labute approximate surface area is 217 Å². The molecule has 0 unspecified atom stereocenters. The Hall–Kier alpha value is -3.55. The molecule has 2 aromatic heterocycles. The van der Waals surface area contributed by atoms with Crippen LogP contribution >= 0.6 is 22.7 Å². The second-order valence-electron chi connectivity index (χ2n) is 8.77. The van der Waals surface area contributed by atoms with Crippen molar-refractivity contribution in [1.82, 2.24) is 4.57 Å². The summed E-state index contributed by atoms with van der Waals surface area (Å²) in [5.74, 6) is -0.0997. The fraction of sp³-hybridized carbons (Fsp3) is 0.207. The van der Waals surface area contributed by atoms with Crippen molar-refractivity contribution in [2.45, 2.75) is 32.7 Å². The van der Waals surface area contributed by atoms with E-state index in [-0.39, 0.29) is 12.2 Å². The molecule has 1 aliphatic rings. The number of hydrogen-bond donors (Lipinski definition) is 0. The molecule has 0 fully saturated rings. The lowest BCUT2D eigenvalue weighted by Crippen LogP contribution is -2.40. The highest BCUT2D eigenvalue weighted by atomic mass is 32.1. The number of aromatic nitrogens is 1. The van der Waals surface area contributed by atoms with Gasteiger partial charge in [-0.15, -0.1) is 11.3 Å². The number of carbonyl (C=O) groups is 1. The molecular formula is C29H26N2O3S2. The molecule has 0 N–H and O–H groups in total. The lowest BCUT2D eigenvalue weighted by atomic mass is 9.91. The van der Waals surface area contributed by atoms with Crippen molar-refractivity contribution in [2.24, 2.45) is 4.99 Å². The van der Waals surface area contributed by atoms with Crippen LogP contribution in [0.2, 0.25) is 0 Å². The number of thiazole rings is 1. The quantitative estimate of drug-likeness (QED) is 0.336. The number of benzene rings is 2. The molecular weight excluding hydrogens is 488 g/mol. The molecule has 2 aromatic carbocycles. The van der Waals surface area contributed by atoms with Crippen LogP contribution in [-0.2, 0) is 9.53 Å². The second kappa shape index (κ2) is 10.2. The predicted octanol–water partition coefficient (Wildman–Crippen LogP) is 5.12. The van der Waals surface area contributed by atoms with E-state index in [1.807, 2.05) is 66.1 Å². The predicted molar refractivity (Wildman–Crippen MR) is 146 cm³/mol. The van der Waals surface area contributed by atoms with Gasteiger partial charge in [0.1, 0.15) is 0 Å². The van der Waals surface area contributed by atoms with Gasteiger partial charge >= 0.3 is 5.97 Å². The SMILES string of the molecule is CCOC(=O)C1=C(c2ccccc2)N=c2s/c(=C\c3cccs3)c(=O)n2[C@H]1c1ccc(C(C)C)cc1. The van der Waals surface area contributed by atoms with Crippen LogP contribution < -0.4 is 14.9 Å². The summed E-state index contributed by atoms with van der Waals surface area (Å²) in [5, 5.41) is 1.98. The molecule has 0 aliphatic carbocycles. The summed E-state index contributed by atoms with van der Waals surface area (Å²) in [7, 11) is 0. The third-order valence-electron chi connectivity index (χ3n) is 6.11. The fourth-order valence-electron chi connectivity index (χ4n) is 4.32. The van der Waals surface area contributed by atoms with Crippen LogP contribution in [0.4, 0.5) is 0 Å². The minimum absolute atomic E-state index is 0.168. The average molecular weight is 515 g/mol. The number of carbonyl (C=O) groups excluding carboxylic acids is 1. The molecule has 0 radical (unpaired) electrons. The molecule has 4 aromatic rings. The van der Waals surface area contributed by atoms with Gasteiger partial charge in [0.25, 0.3) is 5.56 Å². The van der Waals surface area contributed by atoms with Gasteiger partial charge in [-0.1, -0.05) is 85.8 Å². The second-order valence-corrected chi connectivity index (χ2v) is 10.8. The van der Waals surface area contributed by atoms with Gasteiger partial charge in [-0.25, -0.2) is 9.79 Å². The van der Waals surface area contributed by atoms with Crippen molar-refractivity contribution >= 4 is 40.4 Å². The molecule has 1 aliphatic heterocycles. The molecule has 5 rings (SSSR count). The van der Waals surface area contributed by atoms with Crippen LogP contribution in [0.1, 0.15) is 54.3 Å². The Kier molecular flexibility index (Phi) is 6.85. The first-order valence-electron chi connectivity index (χ1n) is 11.9. The maximum absolute atomic E-state index is 13.8. The van der Waals surface area contributed by atoms with Crippen LogP contribution in [-0.4, -0.2) is 17.1 Å². The summed E-state index contributed by atoms with van der Waals surface area (Å²) in [6.07, 6.45) is 1.89. The molecule has 3 heterocycles. The highest BCUT2D eigenvalue weighted by Crippen LogP contribution is 2.35. The summed E-state index contributed by atoms with van der Waals surface area (Å²) in [5.41, 5.74) is 3.58. The molecule has 0 spiro atoms. The summed E-state index contributed by atoms with van der Waals surface area (Å²) in [6, 6.07) is 21.0. The molecule has 7 heteroatoms. The Morgan fingerprint density at radius 2 is 1.83 bits per heavy atom. The van der Waals surface area contributed by atoms with Gasteiger partial charge in [0.05, 0.1) is 28.5 Å². The standard InChI is InChI=1S/C29H26N2O3S2/c1-4-34-28(33)24-25(20-9-6-5-7-10-20)30-29-31(26(24)21-14-12-19(13-15-21)18(2)3)27(32)23(36-29)17-22-11-8-16-35-22/h5-18,26H,4H2,1-3H3/b23-17-/t26-/m0/s1. The van der Waals surface area contributed by atoms with E-state index in [2.05, 4.69) is 26.0 Å². The average Bonchev–Trinajstić information content (AvgIpc) is 3.51. The number of thiophene rings is 1. The molecule has 182 valence electrons. The van der Waals surface area contributed by atoms with Crippen molar-refractivity contribution in [3.8, 4) is 0 Å². The lowest BCUT2D eigenvalue weighted by molar-refractivity contribution is -0.138. The molecule has 0 saturated carbocycles. The van der Waals surface area contributed by atoms with Gasteiger partial charge in [0.15, 0.2) is 4.80 Å². The third-order valence-corrected chi connectivity index (χ3v) is 7.91. The first-order chi connectivity index (χ1) is 17.5. The minimum atomic E-state index is -0.651. The van der Waals surface area contributed by atoms with Gasteiger partial charge in [0.2, 0.25) is 0 Å². The van der Waals surface area contributed by atoms with Crippen molar-refractivity contribution < 1.29 is 9.53 Å².